The Labute approximate surface area is 191 Å². The van der Waals surface area contributed by atoms with Crippen molar-refractivity contribution in [2.45, 2.75) is 24.7 Å². The molecular formula is C22H23ClN4O4S. The third-order valence-corrected chi connectivity index (χ3v) is 7.53. The van der Waals surface area contributed by atoms with Gasteiger partial charge in [-0.1, -0.05) is 29.3 Å². The summed E-state index contributed by atoms with van der Waals surface area (Å²) in [4.78, 5) is 14.5. The van der Waals surface area contributed by atoms with Crippen molar-refractivity contribution in [1.29, 1.82) is 0 Å². The quantitative estimate of drug-likeness (QED) is 0.544. The number of hydrogen-bond acceptors (Lipinski definition) is 6. The number of aryl methyl sites for hydroxylation is 2. The molecule has 0 aliphatic carbocycles. The first-order chi connectivity index (χ1) is 15.3. The number of piperazine rings is 1. The van der Waals surface area contributed by atoms with E-state index in [1.807, 2.05) is 31.2 Å². The van der Waals surface area contributed by atoms with Gasteiger partial charge < -0.3 is 9.32 Å². The fraction of sp³-hybridized carbons (Fsp3) is 0.318. The van der Waals surface area contributed by atoms with Crippen molar-refractivity contribution in [3.8, 4) is 11.5 Å². The van der Waals surface area contributed by atoms with E-state index in [-0.39, 0.29) is 30.3 Å². The van der Waals surface area contributed by atoms with Crippen LogP contribution >= 0.6 is 11.6 Å². The molecule has 0 unspecified atom stereocenters. The number of hydrogen-bond donors (Lipinski definition) is 0. The van der Waals surface area contributed by atoms with Crippen molar-refractivity contribution in [2.24, 2.45) is 0 Å². The molecule has 0 N–H and O–H groups in total. The minimum absolute atomic E-state index is 0.0661. The first kappa shape index (κ1) is 22.4. The van der Waals surface area contributed by atoms with E-state index < -0.39 is 10.0 Å². The van der Waals surface area contributed by atoms with Crippen molar-refractivity contribution in [1.82, 2.24) is 19.4 Å². The maximum Gasteiger partial charge on any atom is 0.247 e. The largest absolute Gasteiger partial charge is 0.421 e. The van der Waals surface area contributed by atoms with Crippen molar-refractivity contribution in [3.63, 3.8) is 0 Å². The summed E-state index contributed by atoms with van der Waals surface area (Å²) < 4.78 is 32.6. The second-order valence-corrected chi connectivity index (χ2v) is 9.98. The van der Waals surface area contributed by atoms with Gasteiger partial charge in [0.1, 0.15) is 0 Å². The summed E-state index contributed by atoms with van der Waals surface area (Å²) in [5.41, 5.74) is 1.97. The predicted molar refractivity (Wildman–Crippen MR) is 120 cm³/mol. The van der Waals surface area contributed by atoms with E-state index in [1.54, 1.807) is 17.0 Å². The molecule has 1 aliphatic rings. The van der Waals surface area contributed by atoms with Gasteiger partial charge in [-0.2, -0.15) is 4.31 Å². The molecule has 1 fully saturated rings. The van der Waals surface area contributed by atoms with Crippen LogP contribution in [0.4, 0.5) is 0 Å². The first-order valence-corrected chi connectivity index (χ1v) is 12.1. The Balaban J connectivity index is 1.29. The number of carbonyl (C=O) groups excluding carboxylic acids is 1. The fourth-order valence-corrected chi connectivity index (χ4v) is 5.02. The molecule has 0 radical (unpaired) electrons. The van der Waals surface area contributed by atoms with Gasteiger partial charge in [-0.25, -0.2) is 8.42 Å². The third kappa shape index (κ3) is 5.01. The van der Waals surface area contributed by atoms with Crippen LogP contribution in [0.15, 0.2) is 57.8 Å². The van der Waals surface area contributed by atoms with Crippen LogP contribution < -0.4 is 0 Å². The molecule has 0 bridgehead atoms. The standard InChI is InChI=1S/C22H23ClN4O4S/c1-16-2-4-17(5-3-16)22-25-24-20(31-22)10-11-21(28)26-12-14-27(15-13-26)32(29,30)19-8-6-18(23)7-9-19/h2-9H,10-15H2,1H3. The average Bonchev–Trinajstić information content (AvgIpc) is 3.27. The number of halogens is 1. The van der Waals surface area contributed by atoms with Crippen LogP contribution in [-0.2, 0) is 21.2 Å². The zero-order chi connectivity index (χ0) is 22.7. The molecule has 2 aromatic carbocycles. The van der Waals surface area contributed by atoms with Crippen LogP contribution in [0, 0.1) is 6.92 Å². The summed E-state index contributed by atoms with van der Waals surface area (Å²) in [7, 11) is -3.61. The molecule has 3 aromatic rings. The number of benzene rings is 2. The number of aromatic nitrogens is 2. The molecule has 1 aromatic heterocycles. The van der Waals surface area contributed by atoms with Gasteiger partial charge >= 0.3 is 0 Å². The molecule has 0 atom stereocenters. The SMILES string of the molecule is Cc1ccc(-c2nnc(CCC(=O)N3CCN(S(=O)(=O)c4ccc(Cl)cc4)CC3)o2)cc1. The monoisotopic (exact) mass is 474 g/mol. The van der Waals surface area contributed by atoms with Crippen LogP contribution in [0.3, 0.4) is 0 Å². The molecule has 1 saturated heterocycles. The zero-order valence-corrected chi connectivity index (χ0v) is 19.1. The lowest BCUT2D eigenvalue weighted by molar-refractivity contribution is -0.132. The second kappa shape index (κ2) is 9.40. The summed E-state index contributed by atoms with van der Waals surface area (Å²) in [5, 5.41) is 8.56. The summed E-state index contributed by atoms with van der Waals surface area (Å²) in [6.07, 6.45) is 0.556. The maximum absolute atomic E-state index is 12.8. The molecule has 0 spiro atoms. The minimum Gasteiger partial charge on any atom is -0.421 e. The van der Waals surface area contributed by atoms with E-state index in [1.165, 1.54) is 16.4 Å². The highest BCUT2D eigenvalue weighted by Crippen LogP contribution is 2.21. The molecule has 32 heavy (non-hydrogen) atoms. The van der Waals surface area contributed by atoms with Crippen molar-refractivity contribution < 1.29 is 17.6 Å². The summed E-state index contributed by atoms with van der Waals surface area (Å²) in [6, 6.07) is 13.8. The van der Waals surface area contributed by atoms with Gasteiger partial charge in [-0.15, -0.1) is 10.2 Å². The summed E-state index contributed by atoms with van der Waals surface area (Å²) in [5.74, 6) is 0.759. The van der Waals surface area contributed by atoms with Gasteiger partial charge in [0.05, 0.1) is 4.90 Å². The average molecular weight is 475 g/mol. The van der Waals surface area contributed by atoms with Gasteiger partial charge in [0.15, 0.2) is 0 Å². The number of sulfonamides is 1. The Hall–Kier alpha value is -2.75. The number of carbonyl (C=O) groups is 1. The molecule has 10 heteroatoms. The molecule has 2 heterocycles. The van der Waals surface area contributed by atoms with Crippen LogP contribution in [-0.4, -0.2) is 59.9 Å². The van der Waals surface area contributed by atoms with Crippen molar-refractivity contribution >= 4 is 27.5 Å². The van der Waals surface area contributed by atoms with E-state index in [0.717, 1.165) is 11.1 Å². The molecule has 1 amide bonds. The third-order valence-electron chi connectivity index (χ3n) is 5.36. The normalized spacial score (nSPS) is 15.1. The summed E-state index contributed by atoms with van der Waals surface area (Å²) >= 11 is 5.85. The Morgan fingerprint density at radius 2 is 1.66 bits per heavy atom. The Kier molecular flexibility index (Phi) is 6.59. The fourth-order valence-electron chi connectivity index (χ4n) is 3.47. The minimum atomic E-state index is -3.61. The lowest BCUT2D eigenvalue weighted by Gasteiger charge is -2.34. The van der Waals surface area contributed by atoms with Gasteiger partial charge in [0, 0.05) is 49.6 Å². The Morgan fingerprint density at radius 3 is 2.31 bits per heavy atom. The molecule has 8 nitrogen and oxygen atoms in total. The van der Waals surface area contributed by atoms with Crippen molar-refractivity contribution in [3.05, 3.63) is 65.0 Å². The molecule has 168 valence electrons. The van der Waals surface area contributed by atoms with Crippen LogP contribution in [0.5, 0.6) is 0 Å². The highest BCUT2D eigenvalue weighted by Gasteiger charge is 2.30. The number of amides is 1. The van der Waals surface area contributed by atoms with E-state index in [0.29, 0.717) is 36.3 Å². The van der Waals surface area contributed by atoms with Crippen molar-refractivity contribution in [2.75, 3.05) is 26.2 Å². The van der Waals surface area contributed by atoms with E-state index >= 15 is 0 Å². The van der Waals surface area contributed by atoms with Gasteiger partial charge in [0.25, 0.3) is 0 Å². The summed E-state index contributed by atoms with van der Waals surface area (Å²) in [6.45, 7) is 3.17. The van der Waals surface area contributed by atoms with Gasteiger partial charge in [-0.05, 0) is 43.3 Å². The number of rotatable bonds is 6. The first-order valence-electron chi connectivity index (χ1n) is 10.3. The van der Waals surface area contributed by atoms with Gasteiger partial charge in [0.2, 0.25) is 27.7 Å². The Bertz CT molecular complexity index is 1190. The van der Waals surface area contributed by atoms with E-state index in [2.05, 4.69) is 10.2 Å². The molecule has 0 saturated carbocycles. The molecular weight excluding hydrogens is 452 g/mol. The number of nitrogens with zero attached hydrogens (tertiary/aromatic N) is 4. The highest BCUT2D eigenvalue weighted by atomic mass is 35.5. The lowest BCUT2D eigenvalue weighted by atomic mass is 10.1. The van der Waals surface area contributed by atoms with E-state index in [4.69, 9.17) is 16.0 Å². The van der Waals surface area contributed by atoms with Crippen LogP contribution in [0.2, 0.25) is 5.02 Å². The van der Waals surface area contributed by atoms with Crippen LogP contribution in [0.25, 0.3) is 11.5 Å². The molecule has 4 rings (SSSR count). The highest BCUT2D eigenvalue weighted by molar-refractivity contribution is 7.89. The predicted octanol–water partition coefficient (Wildman–Crippen LogP) is 3.16. The second-order valence-electron chi connectivity index (χ2n) is 7.61. The van der Waals surface area contributed by atoms with Crippen LogP contribution in [0.1, 0.15) is 17.9 Å². The van der Waals surface area contributed by atoms with Gasteiger partial charge in [-0.3, -0.25) is 4.79 Å². The smallest absolute Gasteiger partial charge is 0.247 e. The zero-order valence-electron chi connectivity index (χ0n) is 17.6. The van der Waals surface area contributed by atoms with E-state index in [9.17, 15) is 13.2 Å². The maximum atomic E-state index is 12.8. The Morgan fingerprint density at radius 1 is 1.00 bits per heavy atom. The molecule has 1 aliphatic heterocycles. The lowest BCUT2D eigenvalue weighted by Crippen LogP contribution is -2.50. The topological polar surface area (TPSA) is 96.6 Å².